The zero-order chi connectivity index (χ0) is 15.1. The monoisotopic (exact) mass is 353 g/mol. The maximum absolute atomic E-state index is 12.4. The average Bonchev–Trinajstić information content (AvgIpc) is 2.52. The van der Waals surface area contributed by atoms with Crippen molar-refractivity contribution in [1.29, 1.82) is 0 Å². The van der Waals surface area contributed by atoms with Crippen molar-refractivity contribution >= 4 is 33.7 Å². The molecule has 21 heavy (non-hydrogen) atoms. The van der Waals surface area contributed by atoms with Crippen LogP contribution in [0.3, 0.4) is 0 Å². The summed E-state index contributed by atoms with van der Waals surface area (Å²) in [6.07, 6.45) is 2.08. The summed E-state index contributed by atoms with van der Waals surface area (Å²) in [7, 11) is -3.31. The van der Waals surface area contributed by atoms with E-state index in [1.54, 1.807) is 4.31 Å². The van der Waals surface area contributed by atoms with Crippen molar-refractivity contribution < 1.29 is 8.42 Å². The summed E-state index contributed by atoms with van der Waals surface area (Å²) in [5, 5.41) is 3.74. The summed E-state index contributed by atoms with van der Waals surface area (Å²) in [4.78, 5) is 0. The molecular formula is C13H27N3O2S3. The summed E-state index contributed by atoms with van der Waals surface area (Å²) in [5.74, 6) is 3.81. The van der Waals surface area contributed by atoms with E-state index < -0.39 is 10.2 Å². The Balaban J connectivity index is 1.80. The standard InChI is InChI=1S/C13H27N3O2S3/c1-2-14-8-12-4-3-5-16(10-12)21(17,18)15-9-13-11-19-6-7-20-13/h12-15H,2-11H2,1H3. The number of hydrogen-bond donors (Lipinski definition) is 2. The fourth-order valence-corrected chi connectivity index (χ4v) is 6.79. The lowest BCUT2D eigenvalue weighted by molar-refractivity contribution is 0.259. The minimum absolute atomic E-state index is 0.417. The third-order valence-corrected chi connectivity index (χ3v) is 8.27. The van der Waals surface area contributed by atoms with Crippen molar-refractivity contribution in [3.63, 3.8) is 0 Å². The van der Waals surface area contributed by atoms with E-state index in [-0.39, 0.29) is 0 Å². The largest absolute Gasteiger partial charge is 0.317 e. The Bertz CT molecular complexity index is 399. The van der Waals surface area contributed by atoms with Crippen molar-refractivity contribution in [3.8, 4) is 0 Å². The van der Waals surface area contributed by atoms with E-state index in [4.69, 9.17) is 0 Å². The first-order valence-corrected chi connectivity index (χ1v) is 11.4. The highest BCUT2D eigenvalue weighted by molar-refractivity contribution is 8.06. The summed E-state index contributed by atoms with van der Waals surface area (Å²) >= 11 is 3.81. The molecule has 0 aromatic carbocycles. The Labute approximate surface area is 137 Å². The van der Waals surface area contributed by atoms with Gasteiger partial charge in [-0.15, -0.1) is 0 Å². The molecule has 2 unspecified atom stereocenters. The SMILES string of the molecule is CCNCC1CCCN(S(=O)(=O)NCC2CSCCS2)C1. The van der Waals surface area contributed by atoms with E-state index in [2.05, 4.69) is 17.0 Å². The fraction of sp³-hybridized carbons (Fsp3) is 1.00. The highest BCUT2D eigenvalue weighted by Gasteiger charge is 2.29. The summed E-state index contributed by atoms with van der Waals surface area (Å²) in [6.45, 7) is 5.81. The van der Waals surface area contributed by atoms with E-state index in [1.165, 1.54) is 5.75 Å². The van der Waals surface area contributed by atoms with Crippen LogP contribution in [0, 0.1) is 5.92 Å². The average molecular weight is 354 g/mol. The number of nitrogens with one attached hydrogen (secondary N) is 2. The Morgan fingerprint density at radius 3 is 2.86 bits per heavy atom. The molecule has 5 nitrogen and oxygen atoms in total. The maximum atomic E-state index is 12.4. The van der Waals surface area contributed by atoms with Crippen molar-refractivity contribution in [2.24, 2.45) is 5.92 Å². The molecule has 2 rings (SSSR count). The minimum Gasteiger partial charge on any atom is -0.317 e. The second kappa shape index (κ2) is 8.98. The molecule has 0 bridgehead atoms. The third-order valence-electron chi connectivity index (χ3n) is 3.88. The first-order chi connectivity index (χ1) is 10.1. The molecule has 2 fully saturated rings. The van der Waals surface area contributed by atoms with Gasteiger partial charge in [0.05, 0.1) is 0 Å². The molecule has 0 saturated carbocycles. The predicted molar refractivity (Wildman–Crippen MR) is 93.3 cm³/mol. The Morgan fingerprint density at radius 1 is 1.29 bits per heavy atom. The molecule has 2 N–H and O–H groups in total. The quantitative estimate of drug-likeness (QED) is 0.715. The van der Waals surface area contributed by atoms with Gasteiger partial charge in [-0.2, -0.15) is 36.2 Å². The van der Waals surface area contributed by atoms with Crippen LogP contribution in [-0.2, 0) is 10.2 Å². The van der Waals surface area contributed by atoms with Crippen LogP contribution in [0.5, 0.6) is 0 Å². The van der Waals surface area contributed by atoms with E-state index in [9.17, 15) is 8.42 Å². The fourth-order valence-electron chi connectivity index (χ4n) is 2.70. The Morgan fingerprint density at radius 2 is 2.14 bits per heavy atom. The van der Waals surface area contributed by atoms with Gasteiger partial charge in [-0.1, -0.05) is 6.92 Å². The molecule has 0 aliphatic carbocycles. The summed E-state index contributed by atoms with van der Waals surface area (Å²) in [5.41, 5.74) is 0. The molecule has 0 aromatic heterocycles. The molecule has 8 heteroatoms. The van der Waals surface area contributed by atoms with E-state index in [0.29, 0.717) is 30.8 Å². The number of thioether (sulfide) groups is 2. The van der Waals surface area contributed by atoms with Crippen molar-refractivity contribution in [1.82, 2.24) is 14.3 Å². The number of rotatable bonds is 7. The van der Waals surface area contributed by atoms with Gasteiger partial charge in [0.1, 0.15) is 0 Å². The highest BCUT2D eigenvalue weighted by Crippen LogP contribution is 2.24. The molecule has 0 amide bonds. The molecule has 0 aromatic rings. The van der Waals surface area contributed by atoms with Crippen LogP contribution in [0.15, 0.2) is 0 Å². The van der Waals surface area contributed by atoms with E-state index in [1.807, 2.05) is 23.5 Å². The van der Waals surface area contributed by atoms with Crippen LogP contribution in [0.25, 0.3) is 0 Å². The third kappa shape index (κ3) is 5.91. The molecule has 2 heterocycles. The molecule has 2 atom stereocenters. The molecule has 0 spiro atoms. The highest BCUT2D eigenvalue weighted by atomic mass is 32.2. The van der Waals surface area contributed by atoms with Gasteiger partial charge in [-0.05, 0) is 31.8 Å². The number of piperidine rings is 1. The molecular weight excluding hydrogens is 326 g/mol. The second-order valence-corrected chi connectivity index (χ2v) is 9.91. The van der Waals surface area contributed by atoms with Crippen molar-refractivity contribution in [2.45, 2.75) is 25.0 Å². The van der Waals surface area contributed by atoms with Crippen LogP contribution in [0.1, 0.15) is 19.8 Å². The van der Waals surface area contributed by atoms with Gasteiger partial charge < -0.3 is 5.32 Å². The second-order valence-electron chi connectivity index (χ2n) is 5.60. The lowest BCUT2D eigenvalue weighted by Gasteiger charge is -2.32. The smallest absolute Gasteiger partial charge is 0.279 e. The van der Waals surface area contributed by atoms with Gasteiger partial charge >= 0.3 is 0 Å². The zero-order valence-electron chi connectivity index (χ0n) is 12.7. The minimum atomic E-state index is -3.31. The van der Waals surface area contributed by atoms with Crippen LogP contribution in [0.4, 0.5) is 0 Å². The Hall–Kier alpha value is 0.530. The first kappa shape index (κ1) is 17.9. The van der Waals surface area contributed by atoms with Gasteiger partial charge in [0, 0.05) is 42.1 Å². The van der Waals surface area contributed by atoms with Crippen molar-refractivity contribution in [2.75, 3.05) is 50.0 Å². The number of hydrogen-bond acceptors (Lipinski definition) is 5. The summed E-state index contributed by atoms with van der Waals surface area (Å²) < 4.78 is 29.3. The van der Waals surface area contributed by atoms with Crippen LogP contribution >= 0.6 is 23.5 Å². The van der Waals surface area contributed by atoms with Gasteiger partial charge in [0.25, 0.3) is 10.2 Å². The lowest BCUT2D eigenvalue weighted by Crippen LogP contribution is -2.49. The molecule has 0 radical (unpaired) electrons. The topological polar surface area (TPSA) is 61.4 Å². The van der Waals surface area contributed by atoms with Gasteiger partial charge in [0.15, 0.2) is 0 Å². The van der Waals surface area contributed by atoms with E-state index >= 15 is 0 Å². The number of nitrogens with zero attached hydrogens (tertiary/aromatic N) is 1. The van der Waals surface area contributed by atoms with Gasteiger partial charge in [0.2, 0.25) is 0 Å². The molecule has 124 valence electrons. The maximum Gasteiger partial charge on any atom is 0.279 e. The predicted octanol–water partition coefficient (Wildman–Crippen LogP) is 0.991. The zero-order valence-corrected chi connectivity index (χ0v) is 15.2. The summed E-state index contributed by atoms with van der Waals surface area (Å²) in [6, 6.07) is 0. The van der Waals surface area contributed by atoms with Gasteiger partial charge in [-0.3, -0.25) is 0 Å². The Kier molecular flexibility index (Phi) is 7.64. The van der Waals surface area contributed by atoms with Crippen LogP contribution < -0.4 is 10.0 Å². The van der Waals surface area contributed by atoms with Crippen molar-refractivity contribution in [3.05, 3.63) is 0 Å². The lowest BCUT2D eigenvalue weighted by atomic mass is 10.00. The molecule has 2 aliphatic rings. The van der Waals surface area contributed by atoms with Gasteiger partial charge in [-0.25, -0.2) is 4.72 Å². The first-order valence-electron chi connectivity index (χ1n) is 7.76. The van der Waals surface area contributed by atoms with E-state index in [0.717, 1.165) is 37.4 Å². The van der Waals surface area contributed by atoms with Crippen LogP contribution in [-0.4, -0.2) is 68.0 Å². The molecule has 2 aliphatic heterocycles. The normalized spacial score (nSPS) is 28.6. The molecule has 2 saturated heterocycles. The van der Waals surface area contributed by atoms with Crippen LogP contribution in [0.2, 0.25) is 0 Å².